The highest BCUT2D eigenvalue weighted by molar-refractivity contribution is 5.11. The number of aryl methyl sites for hydroxylation is 1. The highest BCUT2D eigenvalue weighted by Gasteiger charge is 2.23. The molecule has 0 spiro atoms. The summed E-state index contributed by atoms with van der Waals surface area (Å²) in [4.78, 5) is 0. The van der Waals surface area contributed by atoms with Gasteiger partial charge in [0, 0.05) is 19.3 Å². The lowest BCUT2D eigenvalue weighted by Gasteiger charge is -2.19. The summed E-state index contributed by atoms with van der Waals surface area (Å²) in [5, 5.41) is 7.81. The Labute approximate surface area is 91.9 Å². The molecular formula is C12H21N3. The average molecular weight is 207 g/mol. The van der Waals surface area contributed by atoms with Crippen LogP contribution in [0, 0.1) is 5.92 Å². The van der Waals surface area contributed by atoms with E-state index in [1.807, 2.05) is 17.9 Å². The fourth-order valence-corrected chi connectivity index (χ4v) is 1.82. The summed E-state index contributed by atoms with van der Waals surface area (Å²) in [6, 6.07) is 0.813. The predicted molar refractivity (Wildman–Crippen MR) is 61.8 cm³/mol. The van der Waals surface area contributed by atoms with Gasteiger partial charge in [0.2, 0.25) is 0 Å². The van der Waals surface area contributed by atoms with Crippen molar-refractivity contribution in [2.45, 2.75) is 38.6 Å². The number of rotatable bonds is 5. The maximum atomic E-state index is 4.22. The summed E-state index contributed by atoms with van der Waals surface area (Å²) < 4.78 is 1.88. The Balaban J connectivity index is 1.85. The molecule has 1 fully saturated rings. The van der Waals surface area contributed by atoms with Crippen molar-refractivity contribution in [3.8, 4) is 0 Å². The van der Waals surface area contributed by atoms with E-state index in [-0.39, 0.29) is 0 Å². The van der Waals surface area contributed by atoms with Crippen LogP contribution in [0.1, 0.15) is 38.2 Å². The number of hydrogen-bond acceptors (Lipinski definition) is 2. The van der Waals surface area contributed by atoms with Crippen LogP contribution < -0.4 is 5.32 Å². The van der Waals surface area contributed by atoms with Crippen molar-refractivity contribution in [1.82, 2.24) is 15.1 Å². The Hall–Kier alpha value is -0.830. The first-order valence-electron chi connectivity index (χ1n) is 5.88. The van der Waals surface area contributed by atoms with E-state index in [0.29, 0.717) is 11.8 Å². The number of nitrogens with one attached hydrogen (secondary N) is 1. The minimum absolute atomic E-state index is 0.588. The second-order valence-corrected chi connectivity index (χ2v) is 4.90. The molecule has 3 heteroatoms. The van der Waals surface area contributed by atoms with E-state index < -0.39 is 0 Å². The van der Waals surface area contributed by atoms with E-state index in [0.717, 1.165) is 12.6 Å². The molecule has 1 aliphatic rings. The minimum Gasteiger partial charge on any atom is -0.314 e. The third kappa shape index (κ3) is 2.81. The molecule has 1 saturated carbocycles. The summed E-state index contributed by atoms with van der Waals surface area (Å²) in [6.07, 6.45) is 6.85. The highest BCUT2D eigenvalue weighted by Crippen LogP contribution is 2.25. The molecule has 1 aromatic rings. The maximum Gasteiger partial charge on any atom is 0.0524 e. The van der Waals surface area contributed by atoms with Crippen LogP contribution in [0.5, 0.6) is 0 Å². The van der Waals surface area contributed by atoms with Crippen molar-refractivity contribution in [3.05, 3.63) is 18.0 Å². The van der Waals surface area contributed by atoms with Gasteiger partial charge in [0.25, 0.3) is 0 Å². The van der Waals surface area contributed by atoms with E-state index in [4.69, 9.17) is 0 Å². The van der Waals surface area contributed by atoms with Gasteiger partial charge in [0.15, 0.2) is 0 Å². The number of aromatic nitrogens is 2. The molecule has 2 atom stereocenters. The fraction of sp³-hybridized carbons (Fsp3) is 0.750. The second-order valence-electron chi connectivity index (χ2n) is 4.90. The SMILES string of the molecule is CC(CNC1CC1)C(C)c1cnn(C)c1. The lowest BCUT2D eigenvalue weighted by molar-refractivity contribution is 0.446. The van der Waals surface area contributed by atoms with E-state index >= 15 is 0 Å². The van der Waals surface area contributed by atoms with E-state index in [9.17, 15) is 0 Å². The third-order valence-corrected chi connectivity index (χ3v) is 3.41. The maximum absolute atomic E-state index is 4.22. The molecule has 84 valence electrons. The molecule has 1 heterocycles. The standard InChI is InChI=1S/C12H21N3/c1-9(6-13-12-4-5-12)10(2)11-7-14-15(3)8-11/h7-10,12-13H,4-6H2,1-3H3. The molecule has 1 aromatic heterocycles. The quantitative estimate of drug-likeness (QED) is 0.799. The molecule has 0 amide bonds. The first-order chi connectivity index (χ1) is 7.16. The normalized spacial score (nSPS) is 20.2. The average Bonchev–Trinajstić information content (AvgIpc) is 2.95. The zero-order valence-electron chi connectivity index (χ0n) is 9.90. The fourth-order valence-electron chi connectivity index (χ4n) is 1.82. The van der Waals surface area contributed by atoms with Gasteiger partial charge < -0.3 is 5.32 Å². The van der Waals surface area contributed by atoms with Gasteiger partial charge in [-0.2, -0.15) is 5.10 Å². The lowest BCUT2D eigenvalue weighted by atomic mass is 9.91. The van der Waals surface area contributed by atoms with Gasteiger partial charge in [-0.15, -0.1) is 0 Å². The monoisotopic (exact) mass is 207 g/mol. The van der Waals surface area contributed by atoms with Gasteiger partial charge in [-0.05, 0) is 36.8 Å². The Kier molecular flexibility index (Phi) is 3.10. The molecule has 2 unspecified atom stereocenters. The lowest BCUT2D eigenvalue weighted by Crippen LogP contribution is -2.25. The summed E-state index contributed by atoms with van der Waals surface area (Å²) in [5.41, 5.74) is 1.35. The van der Waals surface area contributed by atoms with Crippen LogP contribution in [0.4, 0.5) is 0 Å². The van der Waals surface area contributed by atoms with Crippen LogP contribution >= 0.6 is 0 Å². The van der Waals surface area contributed by atoms with E-state index in [1.165, 1.54) is 18.4 Å². The Morgan fingerprint density at radius 3 is 2.80 bits per heavy atom. The molecule has 0 aliphatic heterocycles. The largest absolute Gasteiger partial charge is 0.314 e. The van der Waals surface area contributed by atoms with Crippen LogP contribution in [0.25, 0.3) is 0 Å². The smallest absolute Gasteiger partial charge is 0.0524 e. The van der Waals surface area contributed by atoms with Crippen molar-refractivity contribution < 1.29 is 0 Å². The van der Waals surface area contributed by atoms with Crippen LogP contribution in [0.2, 0.25) is 0 Å². The summed E-state index contributed by atoms with van der Waals surface area (Å²) in [5.74, 6) is 1.26. The van der Waals surface area contributed by atoms with Crippen molar-refractivity contribution >= 4 is 0 Å². The van der Waals surface area contributed by atoms with Crippen LogP contribution in [-0.4, -0.2) is 22.4 Å². The number of nitrogens with zero attached hydrogens (tertiary/aromatic N) is 2. The molecular weight excluding hydrogens is 186 g/mol. The van der Waals surface area contributed by atoms with E-state index in [2.05, 4.69) is 30.5 Å². The summed E-state index contributed by atoms with van der Waals surface area (Å²) in [6.45, 7) is 5.73. The highest BCUT2D eigenvalue weighted by atomic mass is 15.2. The minimum atomic E-state index is 0.588. The zero-order valence-corrected chi connectivity index (χ0v) is 9.90. The Morgan fingerprint density at radius 1 is 1.53 bits per heavy atom. The Bertz CT molecular complexity index is 314. The third-order valence-electron chi connectivity index (χ3n) is 3.41. The summed E-state index contributed by atoms with van der Waals surface area (Å²) in [7, 11) is 1.98. The van der Waals surface area contributed by atoms with Gasteiger partial charge in [0.1, 0.15) is 0 Å². The zero-order chi connectivity index (χ0) is 10.8. The van der Waals surface area contributed by atoms with Crippen molar-refractivity contribution in [2.75, 3.05) is 6.54 Å². The Morgan fingerprint density at radius 2 is 2.27 bits per heavy atom. The molecule has 1 aliphatic carbocycles. The van der Waals surface area contributed by atoms with Crippen molar-refractivity contribution in [1.29, 1.82) is 0 Å². The predicted octanol–water partition coefficient (Wildman–Crippen LogP) is 1.91. The van der Waals surface area contributed by atoms with Gasteiger partial charge in [-0.1, -0.05) is 13.8 Å². The molecule has 0 radical (unpaired) electrons. The number of hydrogen-bond donors (Lipinski definition) is 1. The van der Waals surface area contributed by atoms with Crippen LogP contribution in [0.3, 0.4) is 0 Å². The molecule has 0 saturated heterocycles. The first kappa shape index (κ1) is 10.7. The van der Waals surface area contributed by atoms with Crippen molar-refractivity contribution in [3.63, 3.8) is 0 Å². The molecule has 15 heavy (non-hydrogen) atoms. The van der Waals surface area contributed by atoms with Gasteiger partial charge in [-0.25, -0.2) is 0 Å². The van der Waals surface area contributed by atoms with E-state index in [1.54, 1.807) is 0 Å². The molecule has 2 rings (SSSR count). The molecule has 0 aromatic carbocycles. The van der Waals surface area contributed by atoms with Crippen molar-refractivity contribution in [2.24, 2.45) is 13.0 Å². The van der Waals surface area contributed by atoms with Crippen LogP contribution in [-0.2, 0) is 7.05 Å². The summed E-state index contributed by atoms with van der Waals surface area (Å²) >= 11 is 0. The molecule has 1 N–H and O–H groups in total. The van der Waals surface area contributed by atoms with Gasteiger partial charge in [-0.3, -0.25) is 4.68 Å². The van der Waals surface area contributed by atoms with Gasteiger partial charge in [0.05, 0.1) is 6.20 Å². The molecule has 3 nitrogen and oxygen atoms in total. The topological polar surface area (TPSA) is 29.9 Å². The van der Waals surface area contributed by atoms with Crippen LogP contribution in [0.15, 0.2) is 12.4 Å². The second kappa shape index (κ2) is 4.35. The molecule has 0 bridgehead atoms. The van der Waals surface area contributed by atoms with Gasteiger partial charge >= 0.3 is 0 Å². The first-order valence-corrected chi connectivity index (χ1v) is 5.88.